The molecule has 0 spiro atoms. The van der Waals surface area contributed by atoms with Crippen molar-refractivity contribution in [3.63, 3.8) is 0 Å². The number of rotatable bonds is 2. The van der Waals surface area contributed by atoms with Crippen LogP contribution in [0.2, 0.25) is 0 Å². The van der Waals surface area contributed by atoms with Gasteiger partial charge >= 0.3 is 0 Å². The van der Waals surface area contributed by atoms with E-state index in [1.165, 1.54) is 12.1 Å². The Bertz CT molecular complexity index is 552. The van der Waals surface area contributed by atoms with Crippen LogP contribution in [0.15, 0.2) is 40.4 Å². The molecule has 1 nitrogen and oxygen atoms in total. The van der Waals surface area contributed by atoms with Crippen molar-refractivity contribution in [3.05, 3.63) is 51.8 Å². The van der Waals surface area contributed by atoms with Crippen molar-refractivity contribution in [3.8, 4) is 0 Å². The summed E-state index contributed by atoms with van der Waals surface area (Å²) in [6, 6.07) is 4.58. The first-order chi connectivity index (χ1) is 8.91. The highest BCUT2D eigenvalue weighted by Gasteiger charge is 2.29. The Balaban J connectivity index is 2.55. The minimum atomic E-state index is -0.306. The molecule has 2 atom stereocenters. The lowest BCUT2D eigenvalue weighted by Crippen LogP contribution is -2.19. The lowest BCUT2D eigenvalue weighted by atomic mass is 9.90. The minimum Gasteiger partial charge on any atom is -0.377 e. The summed E-state index contributed by atoms with van der Waals surface area (Å²) < 4.78 is 13.4. The SMILES string of the molecule is CN(C)c1cc(F)ccc1C1C(Cl)=C(Cl)C=CC1Cl. The monoisotopic (exact) mass is 319 g/mol. The van der Waals surface area contributed by atoms with Gasteiger partial charge in [0.15, 0.2) is 0 Å². The van der Waals surface area contributed by atoms with E-state index in [9.17, 15) is 4.39 Å². The molecule has 0 aromatic heterocycles. The van der Waals surface area contributed by atoms with Crippen molar-refractivity contribution in [2.45, 2.75) is 11.3 Å². The van der Waals surface area contributed by atoms with Gasteiger partial charge in [0.25, 0.3) is 0 Å². The van der Waals surface area contributed by atoms with Crippen molar-refractivity contribution in [2.75, 3.05) is 19.0 Å². The Hall–Kier alpha value is -0.700. The number of nitrogens with zero attached hydrogens (tertiary/aromatic N) is 1. The highest BCUT2D eigenvalue weighted by Crippen LogP contribution is 2.43. The molecule has 0 saturated heterocycles. The maximum absolute atomic E-state index is 13.4. The molecule has 0 radical (unpaired) electrons. The molecule has 102 valence electrons. The predicted octanol–water partition coefficient (Wildman–Crippen LogP) is 4.84. The average Bonchev–Trinajstić information content (AvgIpc) is 2.36. The van der Waals surface area contributed by atoms with Crippen molar-refractivity contribution in [1.82, 2.24) is 0 Å². The Kier molecular flexibility index (Phi) is 4.44. The second-order valence-corrected chi connectivity index (χ2v) is 5.89. The van der Waals surface area contributed by atoms with Gasteiger partial charge in [-0.25, -0.2) is 4.39 Å². The third kappa shape index (κ3) is 2.91. The fourth-order valence-corrected chi connectivity index (χ4v) is 3.04. The van der Waals surface area contributed by atoms with Crippen LogP contribution in [-0.2, 0) is 0 Å². The molecular formula is C14H13Cl3FN. The summed E-state index contributed by atoms with van der Waals surface area (Å²) in [6.45, 7) is 0. The summed E-state index contributed by atoms with van der Waals surface area (Å²) in [7, 11) is 3.69. The Morgan fingerprint density at radius 2 is 1.89 bits per heavy atom. The summed E-state index contributed by atoms with van der Waals surface area (Å²) in [4.78, 5) is 1.83. The van der Waals surface area contributed by atoms with E-state index < -0.39 is 0 Å². The minimum absolute atomic E-state index is 0.265. The second-order valence-electron chi connectivity index (χ2n) is 4.57. The van der Waals surface area contributed by atoms with E-state index in [1.54, 1.807) is 18.2 Å². The van der Waals surface area contributed by atoms with Gasteiger partial charge < -0.3 is 4.90 Å². The van der Waals surface area contributed by atoms with Crippen molar-refractivity contribution < 1.29 is 4.39 Å². The van der Waals surface area contributed by atoms with Crippen LogP contribution in [0.4, 0.5) is 10.1 Å². The van der Waals surface area contributed by atoms with Crippen LogP contribution >= 0.6 is 34.8 Å². The van der Waals surface area contributed by atoms with E-state index in [1.807, 2.05) is 19.0 Å². The number of alkyl halides is 1. The Morgan fingerprint density at radius 3 is 2.53 bits per heavy atom. The summed E-state index contributed by atoms with van der Waals surface area (Å²) in [6.07, 6.45) is 3.49. The van der Waals surface area contributed by atoms with Gasteiger partial charge in [-0.3, -0.25) is 0 Å². The maximum Gasteiger partial charge on any atom is 0.125 e. The molecular weight excluding hydrogens is 308 g/mol. The van der Waals surface area contributed by atoms with Gasteiger partial charge in [-0.05, 0) is 23.8 Å². The van der Waals surface area contributed by atoms with Crippen LogP contribution in [0.5, 0.6) is 0 Å². The zero-order chi connectivity index (χ0) is 14.2. The highest BCUT2D eigenvalue weighted by atomic mass is 35.5. The molecule has 1 aliphatic carbocycles. The zero-order valence-corrected chi connectivity index (χ0v) is 12.8. The molecule has 0 aliphatic heterocycles. The third-order valence-electron chi connectivity index (χ3n) is 3.06. The van der Waals surface area contributed by atoms with Gasteiger partial charge in [-0.1, -0.05) is 35.3 Å². The number of halogens is 4. The fourth-order valence-electron chi connectivity index (χ4n) is 2.13. The van der Waals surface area contributed by atoms with Gasteiger partial charge in [0.05, 0.1) is 10.4 Å². The zero-order valence-electron chi connectivity index (χ0n) is 10.5. The quantitative estimate of drug-likeness (QED) is 0.705. The van der Waals surface area contributed by atoms with Crippen LogP contribution in [0, 0.1) is 5.82 Å². The molecule has 0 saturated carbocycles. The van der Waals surface area contributed by atoms with Gasteiger partial charge in [0.2, 0.25) is 0 Å². The fraction of sp³-hybridized carbons (Fsp3) is 0.286. The van der Waals surface area contributed by atoms with E-state index in [-0.39, 0.29) is 17.1 Å². The van der Waals surface area contributed by atoms with Gasteiger partial charge in [0.1, 0.15) is 5.82 Å². The first kappa shape index (κ1) is 14.7. The van der Waals surface area contributed by atoms with Crippen molar-refractivity contribution in [2.24, 2.45) is 0 Å². The normalized spacial score (nSPS) is 22.8. The average molecular weight is 321 g/mol. The largest absolute Gasteiger partial charge is 0.377 e. The van der Waals surface area contributed by atoms with Crippen LogP contribution in [0.1, 0.15) is 11.5 Å². The molecule has 0 fully saturated rings. The van der Waals surface area contributed by atoms with Crippen LogP contribution in [0.3, 0.4) is 0 Å². The molecule has 2 rings (SSSR count). The van der Waals surface area contributed by atoms with Crippen LogP contribution in [-0.4, -0.2) is 19.5 Å². The summed E-state index contributed by atoms with van der Waals surface area (Å²) in [5.74, 6) is -0.560. The van der Waals surface area contributed by atoms with E-state index in [4.69, 9.17) is 34.8 Å². The lowest BCUT2D eigenvalue weighted by molar-refractivity contribution is 0.626. The third-order valence-corrected chi connectivity index (χ3v) is 4.32. The first-order valence-corrected chi connectivity index (χ1v) is 6.95. The summed E-state index contributed by atoms with van der Waals surface area (Å²) in [5, 5.41) is 0.649. The molecule has 0 heterocycles. The maximum atomic E-state index is 13.4. The smallest absolute Gasteiger partial charge is 0.125 e. The van der Waals surface area contributed by atoms with Crippen LogP contribution < -0.4 is 4.90 Å². The molecule has 0 N–H and O–H groups in total. The molecule has 0 bridgehead atoms. The summed E-state index contributed by atoms with van der Waals surface area (Å²) >= 11 is 18.7. The summed E-state index contributed by atoms with van der Waals surface area (Å²) in [5.41, 5.74) is 1.60. The molecule has 2 unspecified atom stereocenters. The topological polar surface area (TPSA) is 3.24 Å². The molecule has 1 aromatic rings. The Labute approximate surface area is 127 Å². The van der Waals surface area contributed by atoms with Crippen LogP contribution in [0.25, 0.3) is 0 Å². The van der Waals surface area contributed by atoms with E-state index in [0.717, 1.165) is 11.3 Å². The molecule has 0 amide bonds. The second kappa shape index (κ2) is 5.74. The van der Waals surface area contributed by atoms with E-state index >= 15 is 0 Å². The van der Waals surface area contributed by atoms with Crippen molar-refractivity contribution >= 4 is 40.5 Å². The predicted molar refractivity (Wildman–Crippen MR) is 81.0 cm³/mol. The molecule has 5 heteroatoms. The number of allylic oxidation sites excluding steroid dienone is 4. The van der Waals surface area contributed by atoms with Gasteiger partial charge in [0, 0.05) is 30.7 Å². The molecule has 1 aliphatic rings. The number of hydrogen-bond acceptors (Lipinski definition) is 1. The number of benzene rings is 1. The standard InChI is InChI=1S/C14H13Cl3FN/c1-19(2)12-7-8(18)3-4-9(12)13-10(15)5-6-11(16)14(13)17/h3-7,10,13H,1-2H3. The first-order valence-electron chi connectivity index (χ1n) is 5.76. The number of anilines is 1. The molecule has 19 heavy (non-hydrogen) atoms. The highest BCUT2D eigenvalue weighted by molar-refractivity contribution is 6.41. The van der Waals surface area contributed by atoms with E-state index in [0.29, 0.717) is 10.1 Å². The van der Waals surface area contributed by atoms with Crippen molar-refractivity contribution in [1.29, 1.82) is 0 Å². The van der Waals surface area contributed by atoms with E-state index in [2.05, 4.69) is 0 Å². The van der Waals surface area contributed by atoms with Gasteiger partial charge in [-0.2, -0.15) is 0 Å². The van der Waals surface area contributed by atoms with Gasteiger partial charge in [-0.15, -0.1) is 11.6 Å². The number of hydrogen-bond donors (Lipinski definition) is 0. The Morgan fingerprint density at radius 1 is 1.21 bits per heavy atom. The molecule has 1 aromatic carbocycles. The lowest BCUT2D eigenvalue weighted by Gasteiger charge is -2.28.